The SMILES string of the molecule is CCCNc1ncnc(NCCS(C)(=O)=O)c1C(C)C. The van der Waals surface area contributed by atoms with E-state index in [1.165, 1.54) is 12.6 Å². The number of anilines is 2. The van der Waals surface area contributed by atoms with E-state index in [1.807, 2.05) is 0 Å². The van der Waals surface area contributed by atoms with E-state index in [0.717, 1.165) is 24.3 Å². The second-order valence-electron chi connectivity index (χ2n) is 5.12. The van der Waals surface area contributed by atoms with E-state index >= 15 is 0 Å². The van der Waals surface area contributed by atoms with Crippen molar-refractivity contribution in [1.29, 1.82) is 0 Å². The van der Waals surface area contributed by atoms with E-state index in [4.69, 9.17) is 0 Å². The van der Waals surface area contributed by atoms with Gasteiger partial charge in [-0.2, -0.15) is 0 Å². The van der Waals surface area contributed by atoms with Gasteiger partial charge in [-0.05, 0) is 12.3 Å². The molecule has 6 nitrogen and oxygen atoms in total. The Labute approximate surface area is 121 Å². The van der Waals surface area contributed by atoms with Gasteiger partial charge in [-0.25, -0.2) is 18.4 Å². The molecule has 20 heavy (non-hydrogen) atoms. The van der Waals surface area contributed by atoms with Crippen LogP contribution in [-0.4, -0.2) is 43.5 Å². The Morgan fingerprint density at radius 1 is 1.15 bits per heavy atom. The highest BCUT2D eigenvalue weighted by atomic mass is 32.2. The van der Waals surface area contributed by atoms with Crippen molar-refractivity contribution in [3.8, 4) is 0 Å². The zero-order chi connectivity index (χ0) is 15.2. The molecule has 0 unspecified atom stereocenters. The molecule has 0 saturated carbocycles. The first-order chi connectivity index (χ1) is 9.35. The quantitative estimate of drug-likeness (QED) is 0.762. The Balaban J connectivity index is 2.88. The molecule has 114 valence electrons. The number of hydrogen-bond acceptors (Lipinski definition) is 6. The molecule has 0 aliphatic carbocycles. The second kappa shape index (κ2) is 7.42. The van der Waals surface area contributed by atoms with Crippen molar-refractivity contribution in [3.63, 3.8) is 0 Å². The van der Waals surface area contributed by atoms with Gasteiger partial charge in [-0.3, -0.25) is 0 Å². The molecular weight excluding hydrogens is 276 g/mol. The molecule has 0 saturated heterocycles. The number of rotatable bonds is 8. The molecule has 1 aromatic rings. The molecule has 0 radical (unpaired) electrons. The molecule has 0 aliphatic heterocycles. The summed E-state index contributed by atoms with van der Waals surface area (Å²) >= 11 is 0. The predicted molar refractivity (Wildman–Crippen MR) is 83.1 cm³/mol. The zero-order valence-electron chi connectivity index (χ0n) is 12.6. The summed E-state index contributed by atoms with van der Waals surface area (Å²) in [5.41, 5.74) is 0.995. The fourth-order valence-corrected chi connectivity index (χ4v) is 2.30. The summed E-state index contributed by atoms with van der Waals surface area (Å²) in [5, 5.41) is 6.38. The van der Waals surface area contributed by atoms with Crippen LogP contribution in [0.1, 0.15) is 38.7 Å². The van der Waals surface area contributed by atoms with Gasteiger partial charge in [0.05, 0.1) is 5.75 Å². The highest BCUT2D eigenvalue weighted by molar-refractivity contribution is 7.90. The van der Waals surface area contributed by atoms with Crippen LogP contribution >= 0.6 is 0 Å². The third kappa shape index (κ3) is 5.32. The van der Waals surface area contributed by atoms with Crippen LogP contribution in [0, 0.1) is 0 Å². The lowest BCUT2D eigenvalue weighted by atomic mass is 10.0. The van der Waals surface area contributed by atoms with Gasteiger partial charge in [-0.15, -0.1) is 0 Å². The van der Waals surface area contributed by atoms with Gasteiger partial charge in [-0.1, -0.05) is 20.8 Å². The Bertz CT molecular complexity index is 529. The first-order valence-electron chi connectivity index (χ1n) is 6.85. The molecule has 1 rings (SSSR count). The minimum atomic E-state index is -2.97. The number of hydrogen-bond donors (Lipinski definition) is 2. The van der Waals surface area contributed by atoms with Crippen molar-refractivity contribution in [2.24, 2.45) is 0 Å². The van der Waals surface area contributed by atoms with Crippen LogP contribution in [0.15, 0.2) is 6.33 Å². The van der Waals surface area contributed by atoms with E-state index < -0.39 is 9.84 Å². The molecular formula is C13H24N4O2S. The van der Waals surface area contributed by atoms with E-state index in [1.54, 1.807) is 0 Å². The van der Waals surface area contributed by atoms with Gasteiger partial charge < -0.3 is 10.6 Å². The van der Waals surface area contributed by atoms with E-state index in [9.17, 15) is 8.42 Å². The molecule has 1 heterocycles. The third-order valence-corrected chi connectivity index (χ3v) is 3.71. The lowest BCUT2D eigenvalue weighted by Crippen LogP contribution is -2.17. The molecule has 0 fully saturated rings. The van der Waals surface area contributed by atoms with E-state index in [-0.39, 0.29) is 11.7 Å². The van der Waals surface area contributed by atoms with Crippen molar-refractivity contribution in [3.05, 3.63) is 11.9 Å². The van der Waals surface area contributed by atoms with Crippen LogP contribution in [-0.2, 0) is 9.84 Å². The summed E-state index contributed by atoms with van der Waals surface area (Å²) in [5.74, 6) is 1.86. The maximum absolute atomic E-state index is 11.2. The molecule has 0 bridgehead atoms. The maximum Gasteiger partial charge on any atom is 0.149 e. The summed E-state index contributed by atoms with van der Waals surface area (Å²) in [6.07, 6.45) is 3.73. The monoisotopic (exact) mass is 300 g/mol. The molecule has 0 aromatic carbocycles. The number of sulfone groups is 1. The van der Waals surface area contributed by atoms with E-state index in [2.05, 4.69) is 41.4 Å². The van der Waals surface area contributed by atoms with Crippen molar-refractivity contribution in [2.75, 3.05) is 35.7 Å². The molecule has 0 amide bonds. The normalized spacial score (nSPS) is 11.7. The summed E-state index contributed by atoms with van der Waals surface area (Å²) in [4.78, 5) is 8.51. The lowest BCUT2D eigenvalue weighted by Gasteiger charge is -2.17. The molecule has 0 atom stereocenters. The van der Waals surface area contributed by atoms with Crippen LogP contribution < -0.4 is 10.6 Å². The minimum absolute atomic E-state index is 0.0895. The fraction of sp³-hybridized carbons (Fsp3) is 0.692. The van der Waals surface area contributed by atoms with Gasteiger partial charge in [0.2, 0.25) is 0 Å². The maximum atomic E-state index is 11.2. The third-order valence-electron chi connectivity index (χ3n) is 2.77. The molecule has 0 aliphatic rings. The number of aromatic nitrogens is 2. The number of nitrogens with one attached hydrogen (secondary N) is 2. The molecule has 0 spiro atoms. The first kappa shape index (κ1) is 16.7. The predicted octanol–water partition coefficient (Wildman–Crippen LogP) is 1.88. The van der Waals surface area contributed by atoms with Gasteiger partial charge in [0, 0.05) is 24.9 Å². The summed E-state index contributed by atoms with van der Waals surface area (Å²) in [6, 6.07) is 0. The second-order valence-corrected chi connectivity index (χ2v) is 7.38. The highest BCUT2D eigenvalue weighted by Crippen LogP contribution is 2.28. The lowest BCUT2D eigenvalue weighted by molar-refractivity contribution is 0.602. The van der Waals surface area contributed by atoms with Crippen molar-refractivity contribution in [1.82, 2.24) is 9.97 Å². The largest absolute Gasteiger partial charge is 0.370 e. The minimum Gasteiger partial charge on any atom is -0.370 e. The topological polar surface area (TPSA) is 84.0 Å². The van der Waals surface area contributed by atoms with Crippen LogP contribution in [0.2, 0.25) is 0 Å². The highest BCUT2D eigenvalue weighted by Gasteiger charge is 2.14. The average Bonchev–Trinajstić information content (AvgIpc) is 2.34. The van der Waals surface area contributed by atoms with Crippen LogP contribution in [0.4, 0.5) is 11.6 Å². The summed E-state index contributed by atoms with van der Waals surface area (Å²) in [6.45, 7) is 7.42. The molecule has 1 aromatic heterocycles. The van der Waals surface area contributed by atoms with Gasteiger partial charge in [0.1, 0.15) is 27.8 Å². The Kier molecular flexibility index (Phi) is 6.19. The number of nitrogens with zero attached hydrogens (tertiary/aromatic N) is 2. The zero-order valence-corrected chi connectivity index (χ0v) is 13.4. The standard InChI is InChI=1S/C13H24N4O2S/c1-5-6-14-12-11(10(2)3)13(17-9-16-12)15-7-8-20(4,18)19/h9-10H,5-8H2,1-4H3,(H2,14,15,16,17). The Hall–Kier alpha value is -1.37. The van der Waals surface area contributed by atoms with Crippen LogP contribution in [0.5, 0.6) is 0 Å². The van der Waals surface area contributed by atoms with Crippen molar-refractivity contribution < 1.29 is 8.42 Å². The smallest absolute Gasteiger partial charge is 0.149 e. The van der Waals surface area contributed by atoms with Crippen molar-refractivity contribution in [2.45, 2.75) is 33.1 Å². The van der Waals surface area contributed by atoms with Gasteiger partial charge in [0.25, 0.3) is 0 Å². The van der Waals surface area contributed by atoms with Crippen LogP contribution in [0.25, 0.3) is 0 Å². The molecule has 2 N–H and O–H groups in total. The van der Waals surface area contributed by atoms with Gasteiger partial charge in [0.15, 0.2) is 0 Å². The molecule has 7 heteroatoms. The first-order valence-corrected chi connectivity index (χ1v) is 8.91. The summed E-state index contributed by atoms with van der Waals surface area (Å²) in [7, 11) is -2.97. The fourth-order valence-electron chi connectivity index (χ4n) is 1.82. The summed E-state index contributed by atoms with van der Waals surface area (Å²) < 4.78 is 22.3. The van der Waals surface area contributed by atoms with E-state index in [0.29, 0.717) is 12.4 Å². The van der Waals surface area contributed by atoms with Gasteiger partial charge >= 0.3 is 0 Å². The Morgan fingerprint density at radius 3 is 2.15 bits per heavy atom. The van der Waals surface area contributed by atoms with Crippen molar-refractivity contribution >= 4 is 21.5 Å². The Morgan fingerprint density at radius 2 is 1.70 bits per heavy atom. The average molecular weight is 300 g/mol. The van der Waals surface area contributed by atoms with Crippen LogP contribution in [0.3, 0.4) is 0 Å².